The van der Waals surface area contributed by atoms with Gasteiger partial charge < -0.3 is 19.9 Å². The fourth-order valence-corrected chi connectivity index (χ4v) is 6.69. The van der Waals surface area contributed by atoms with E-state index in [0.29, 0.717) is 33.6 Å². The van der Waals surface area contributed by atoms with E-state index >= 15 is 0 Å². The Morgan fingerprint density at radius 1 is 1.05 bits per heavy atom. The molecule has 1 aliphatic rings. The number of sulfonamides is 1. The third-order valence-corrected chi connectivity index (χ3v) is 9.56. The van der Waals surface area contributed by atoms with Crippen LogP contribution in [0, 0.1) is 20.8 Å². The first-order chi connectivity index (χ1) is 17.3. The number of piperidine rings is 1. The molecule has 1 fully saturated rings. The van der Waals surface area contributed by atoms with Gasteiger partial charge in [0.25, 0.3) is 0 Å². The highest BCUT2D eigenvalue weighted by molar-refractivity contribution is 7.89. The molecule has 1 amide bonds. The molecule has 0 aliphatic carbocycles. The van der Waals surface area contributed by atoms with Gasteiger partial charge in [-0.15, -0.1) is 0 Å². The minimum atomic E-state index is -3.77. The van der Waals surface area contributed by atoms with Gasteiger partial charge in [-0.2, -0.15) is 0 Å². The number of ether oxygens (including phenoxy) is 1. The van der Waals surface area contributed by atoms with Crippen LogP contribution in [0.25, 0.3) is 0 Å². The zero-order valence-electron chi connectivity index (χ0n) is 22.9. The van der Waals surface area contributed by atoms with E-state index in [1.54, 1.807) is 33.1 Å². The molecule has 8 nitrogen and oxygen atoms in total. The molecule has 10 heteroatoms. The standard InChI is InChI=1S/C27H39ClN4O4S/c1-18-16-24(23(28)17-25(18)32-12-8-21(9-13-32)30(4)5)29-26(33)10-11-31(6)37(34,35)27-19(2)14-22(36-7)15-20(27)3/h14-17,21H,8-13H2,1-7H3,(H,29,33). The molecule has 0 radical (unpaired) electrons. The van der Waals surface area contributed by atoms with Crippen LogP contribution in [0.1, 0.15) is 36.0 Å². The van der Waals surface area contributed by atoms with Crippen LogP contribution in [0.2, 0.25) is 5.02 Å². The molecule has 1 heterocycles. The first kappa shape index (κ1) is 29.2. The lowest BCUT2D eigenvalue weighted by Crippen LogP contribution is -2.42. The second-order valence-electron chi connectivity index (χ2n) is 10.0. The zero-order valence-corrected chi connectivity index (χ0v) is 24.5. The molecule has 204 valence electrons. The summed E-state index contributed by atoms with van der Waals surface area (Å²) in [6.07, 6.45) is 2.18. The number of hydrogen-bond acceptors (Lipinski definition) is 6. The van der Waals surface area contributed by atoms with Crippen LogP contribution < -0.4 is 15.0 Å². The lowest BCUT2D eigenvalue weighted by molar-refractivity contribution is -0.116. The van der Waals surface area contributed by atoms with Crippen LogP contribution in [0.15, 0.2) is 29.2 Å². The lowest BCUT2D eigenvalue weighted by Gasteiger charge is -2.37. The number of nitrogens with zero attached hydrogens (tertiary/aromatic N) is 3. The van der Waals surface area contributed by atoms with E-state index in [4.69, 9.17) is 16.3 Å². The van der Waals surface area contributed by atoms with Gasteiger partial charge in [0, 0.05) is 44.8 Å². The summed E-state index contributed by atoms with van der Waals surface area (Å²) < 4.78 is 32.9. The second kappa shape index (κ2) is 12.0. The molecule has 0 spiro atoms. The maximum Gasteiger partial charge on any atom is 0.243 e. The molecule has 1 saturated heterocycles. The fourth-order valence-electron chi connectivity index (χ4n) is 4.91. The Balaban J connectivity index is 1.64. The third-order valence-electron chi connectivity index (χ3n) is 7.09. The number of anilines is 2. The van der Waals surface area contributed by atoms with E-state index < -0.39 is 10.0 Å². The molecule has 2 aromatic rings. The number of rotatable bonds is 9. The Kier molecular flexibility index (Phi) is 9.50. The minimum Gasteiger partial charge on any atom is -0.497 e. The summed E-state index contributed by atoms with van der Waals surface area (Å²) in [5.41, 5.74) is 3.84. The Morgan fingerprint density at radius 3 is 2.19 bits per heavy atom. The van der Waals surface area contributed by atoms with Crippen molar-refractivity contribution in [3.63, 3.8) is 0 Å². The molecule has 3 rings (SSSR count). The molecule has 0 saturated carbocycles. The topological polar surface area (TPSA) is 82.2 Å². The highest BCUT2D eigenvalue weighted by Gasteiger charge is 2.26. The quantitative estimate of drug-likeness (QED) is 0.496. The summed E-state index contributed by atoms with van der Waals surface area (Å²) in [7, 11) is 3.49. The zero-order chi connectivity index (χ0) is 27.5. The summed E-state index contributed by atoms with van der Waals surface area (Å²) in [4.78, 5) is 17.6. The molecular formula is C27H39ClN4O4S. The first-order valence-corrected chi connectivity index (χ1v) is 14.3. The summed E-state index contributed by atoms with van der Waals surface area (Å²) in [6, 6.07) is 7.77. The molecule has 1 N–H and O–H groups in total. The number of halogens is 1. The molecule has 0 atom stereocenters. The van der Waals surface area contributed by atoms with Crippen LogP contribution in [0.4, 0.5) is 11.4 Å². The summed E-state index contributed by atoms with van der Waals surface area (Å²) >= 11 is 6.55. The number of carbonyl (C=O) groups is 1. The van der Waals surface area contributed by atoms with Crippen molar-refractivity contribution in [3.8, 4) is 5.75 Å². The highest BCUT2D eigenvalue weighted by Crippen LogP contribution is 2.33. The van der Waals surface area contributed by atoms with Crippen molar-refractivity contribution in [1.82, 2.24) is 9.21 Å². The molecular weight excluding hydrogens is 512 g/mol. The van der Waals surface area contributed by atoms with E-state index in [0.717, 1.165) is 37.2 Å². The Hall–Kier alpha value is -2.33. The van der Waals surface area contributed by atoms with Crippen LogP contribution in [0.3, 0.4) is 0 Å². The normalized spacial score (nSPS) is 14.9. The maximum absolute atomic E-state index is 13.2. The number of benzene rings is 2. The third kappa shape index (κ3) is 6.76. The van der Waals surface area contributed by atoms with Crippen LogP contribution >= 0.6 is 11.6 Å². The molecule has 0 bridgehead atoms. The maximum atomic E-state index is 13.2. The molecule has 0 aromatic heterocycles. The highest BCUT2D eigenvalue weighted by atomic mass is 35.5. The molecule has 2 aromatic carbocycles. The molecule has 37 heavy (non-hydrogen) atoms. The van der Waals surface area contributed by atoms with Gasteiger partial charge in [-0.1, -0.05) is 11.6 Å². The largest absolute Gasteiger partial charge is 0.497 e. The van der Waals surface area contributed by atoms with E-state index in [9.17, 15) is 13.2 Å². The van der Waals surface area contributed by atoms with Gasteiger partial charge in [-0.25, -0.2) is 12.7 Å². The van der Waals surface area contributed by atoms with Crippen molar-refractivity contribution in [3.05, 3.63) is 46.0 Å². The van der Waals surface area contributed by atoms with Crippen LogP contribution in [0.5, 0.6) is 5.75 Å². The summed E-state index contributed by atoms with van der Waals surface area (Å²) in [6.45, 7) is 7.44. The average molecular weight is 551 g/mol. The van der Waals surface area contributed by atoms with Gasteiger partial charge in [-0.3, -0.25) is 4.79 Å². The first-order valence-electron chi connectivity index (χ1n) is 12.5. The van der Waals surface area contributed by atoms with Gasteiger partial charge in [-0.05, 0) is 88.7 Å². The number of carbonyl (C=O) groups excluding carboxylic acids is 1. The van der Waals surface area contributed by atoms with Gasteiger partial charge in [0.1, 0.15) is 5.75 Å². The predicted octanol–water partition coefficient (Wildman–Crippen LogP) is 4.45. The Bertz CT molecular complexity index is 1220. The molecule has 0 unspecified atom stereocenters. The lowest BCUT2D eigenvalue weighted by atomic mass is 10.0. The minimum absolute atomic E-state index is 0.000837. The van der Waals surface area contributed by atoms with E-state index in [1.807, 2.05) is 19.1 Å². The van der Waals surface area contributed by atoms with E-state index in [1.165, 1.54) is 11.4 Å². The van der Waals surface area contributed by atoms with Crippen molar-refractivity contribution >= 4 is 38.9 Å². The number of methoxy groups -OCH3 is 1. The monoisotopic (exact) mass is 550 g/mol. The van der Waals surface area contributed by atoms with Crippen molar-refractivity contribution in [2.24, 2.45) is 0 Å². The number of hydrogen-bond donors (Lipinski definition) is 1. The van der Waals surface area contributed by atoms with E-state index in [-0.39, 0.29) is 23.8 Å². The Morgan fingerprint density at radius 2 is 1.65 bits per heavy atom. The second-order valence-corrected chi connectivity index (χ2v) is 12.4. The van der Waals surface area contributed by atoms with Crippen molar-refractivity contribution in [2.75, 3.05) is 58.1 Å². The van der Waals surface area contributed by atoms with Crippen molar-refractivity contribution in [1.29, 1.82) is 0 Å². The van der Waals surface area contributed by atoms with Gasteiger partial charge in [0.2, 0.25) is 15.9 Å². The number of nitrogens with one attached hydrogen (secondary N) is 1. The van der Waals surface area contributed by atoms with Crippen LogP contribution in [-0.2, 0) is 14.8 Å². The SMILES string of the molecule is COc1cc(C)c(S(=O)(=O)N(C)CCC(=O)Nc2cc(C)c(N3CCC(N(C)C)CC3)cc2Cl)c(C)c1. The fraction of sp³-hybridized carbons (Fsp3) is 0.519. The average Bonchev–Trinajstić information content (AvgIpc) is 2.83. The van der Waals surface area contributed by atoms with Crippen molar-refractivity contribution < 1.29 is 17.9 Å². The predicted molar refractivity (Wildman–Crippen MR) is 151 cm³/mol. The Labute approximate surface area is 226 Å². The number of aryl methyl sites for hydroxylation is 3. The van der Waals surface area contributed by atoms with Crippen LogP contribution in [-0.4, -0.2) is 77.5 Å². The van der Waals surface area contributed by atoms with Gasteiger partial charge in [0.05, 0.1) is 22.7 Å². The summed E-state index contributed by atoms with van der Waals surface area (Å²) in [5.74, 6) is 0.304. The number of amides is 1. The molecule has 1 aliphatic heterocycles. The smallest absolute Gasteiger partial charge is 0.243 e. The van der Waals surface area contributed by atoms with Gasteiger partial charge >= 0.3 is 0 Å². The van der Waals surface area contributed by atoms with Crippen molar-refractivity contribution in [2.45, 2.75) is 51.0 Å². The van der Waals surface area contributed by atoms with E-state index in [2.05, 4.69) is 29.2 Å². The summed E-state index contributed by atoms with van der Waals surface area (Å²) in [5, 5.41) is 3.32. The van der Waals surface area contributed by atoms with Gasteiger partial charge in [0.15, 0.2) is 0 Å².